The van der Waals surface area contributed by atoms with Crippen LogP contribution in [0, 0.1) is 29.5 Å². The fourth-order valence-corrected chi connectivity index (χ4v) is 9.89. The highest BCUT2D eigenvalue weighted by Crippen LogP contribution is 2.41. The summed E-state index contributed by atoms with van der Waals surface area (Å²) in [4.78, 5) is 66.5. The minimum Gasteiger partial charge on any atom is -0.494 e. The van der Waals surface area contributed by atoms with Crippen LogP contribution in [0.25, 0.3) is 21.6 Å². The van der Waals surface area contributed by atoms with E-state index in [0.29, 0.717) is 42.4 Å². The van der Waals surface area contributed by atoms with Crippen LogP contribution >= 0.6 is 23.6 Å². The van der Waals surface area contributed by atoms with Gasteiger partial charge in [0, 0.05) is 26.1 Å². The Labute approximate surface area is 429 Å². The van der Waals surface area contributed by atoms with Crippen LogP contribution in [-0.4, -0.2) is 98.8 Å². The molecule has 7 rings (SSSR count). The number of aliphatic hydroxyl groups is 1. The van der Waals surface area contributed by atoms with Gasteiger partial charge in [0.1, 0.15) is 41.9 Å². The van der Waals surface area contributed by atoms with Gasteiger partial charge in [0.15, 0.2) is 10.8 Å². The molecular formula is C52H54F4N8O7S2. The summed E-state index contributed by atoms with van der Waals surface area (Å²) in [6, 6.07) is 19.1. The number of unbranched alkanes of at least 4 members (excludes halogenated alkanes) is 1. The smallest absolute Gasteiger partial charge is 0.419 e. The number of hydrogen-bond acceptors (Lipinski definition) is 12. The molecule has 4 heterocycles. The van der Waals surface area contributed by atoms with Gasteiger partial charge in [-0.2, -0.15) is 18.4 Å². The number of halogens is 4. The second-order valence-corrected chi connectivity index (χ2v) is 20.5. The van der Waals surface area contributed by atoms with Crippen LogP contribution < -0.4 is 25.2 Å². The van der Waals surface area contributed by atoms with E-state index in [1.54, 1.807) is 68.0 Å². The molecule has 2 saturated heterocycles. The molecule has 2 aromatic heterocycles. The second kappa shape index (κ2) is 22.1. The van der Waals surface area contributed by atoms with Crippen molar-refractivity contribution in [3.05, 3.63) is 113 Å². The number of nitriles is 1. The summed E-state index contributed by atoms with van der Waals surface area (Å²) in [5.74, 6) is -2.30. The first-order valence-electron chi connectivity index (χ1n) is 23.3. The lowest BCUT2D eigenvalue weighted by molar-refractivity contribution is -0.144. The minimum absolute atomic E-state index is 0.0509. The number of amides is 4. The van der Waals surface area contributed by atoms with E-state index in [4.69, 9.17) is 27.0 Å². The largest absolute Gasteiger partial charge is 0.494 e. The molecule has 2 fully saturated rings. The van der Waals surface area contributed by atoms with Crippen LogP contribution in [0.1, 0.15) is 76.4 Å². The number of aliphatic hydroxyl groups excluding tert-OH is 1. The molecular weight excluding hydrogens is 989 g/mol. The number of carbonyl (C=O) groups is 4. The average molecular weight is 1040 g/mol. The summed E-state index contributed by atoms with van der Waals surface area (Å²) in [6.07, 6.45) is -3.70. The molecule has 0 spiro atoms. The predicted molar refractivity (Wildman–Crippen MR) is 270 cm³/mol. The van der Waals surface area contributed by atoms with Gasteiger partial charge in [-0.05, 0) is 104 Å². The Morgan fingerprint density at radius 2 is 1.66 bits per heavy atom. The van der Waals surface area contributed by atoms with Gasteiger partial charge >= 0.3 is 6.18 Å². The number of ether oxygens (including phenoxy) is 2. The van der Waals surface area contributed by atoms with Crippen molar-refractivity contribution in [3.8, 4) is 33.4 Å². The number of alkyl halides is 3. The van der Waals surface area contributed by atoms with E-state index in [0.717, 1.165) is 32.8 Å². The van der Waals surface area contributed by atoms with Gasteiger partial charge in [-0.1, -0.05) is 63.2 Å². The zero-order valence-electron chi connectivity index (χ0n) is 40.9. The van der Waals surface area contributed by atoms with Gasteiger partial charge in [-0.3, -0.25) is 24.1 Å². The molecule has 0 bridgehead atoms. The third-order valence-electron chi connectivity index (χ3n) is 12.5. The third kappa shape index (κ3) is 12.2. The highest BCUT2D eigenvalue weighted by molar-refractivity contribution is 7.81. The first-order chi connectivity index (χ1) is 34.5. The number of nitrogens with one attached hydrogen (secondary N) is 2. The molecule has 15 nitrogen and oxygen atoms in total. The number of pyridine rings is 1. The van der Waals surface area contributed by atoms with E-state index in [2.05, 4.69) is 20.6 Å². The lowest BCUT2D eigenvalue weighted by atomic mass is 9.85. The molecule has 3 aromatic carbocycles. The molecule has 0 aliphatic carbocycles. The standard InChI is InChI=1S/C52H54F4N8O7S2/c1-30-44(73-29-60-30)33-11-9-31(10-12-33)25-59-46(67)42-23-36(65)27-62(42)47(68)45(50(2,3)4)61-43(66)28-70-19-7-8-20-71-37-16-13-32(14-17-37)34-15-18-41(39(53)21-34)64-49(72)63(48(69)51(64,5)6)35-22-38(52(54,55)56)40(24-57)58-26-35/h9-18,21-22,26,29,36,42,45,65H,7-8,19-20,23,25,27-28H2,1-6H3,(H,59,67)(H,61,66)/t36?,42-,45+/m0/s1. The van der Waals surface area contributed by atoms with Crippen LogP contribution in [-0.2, 0) is 36.6 Å². The summed E-state index contributed by atoms with van der Waals surface area (Å²) in [7, 11) is 0. The number of nitrogens with zero attached hydrogens (tertiary/aromatic N) is 6. The number of thiocarbonyl (C=S) groups is 1. The first-order valence-corrected chi connectivity index (χ1v) is 24.6. The zero-order chi connectivity index (χ0) is 53.0. The normalized spacial score (nSPS) is 17.2. The van der Waals surface area contributed by atoms with Crippen LogP contribution in [0.2, 0.25) is 0 Å². The Balaban J connectivity index is 0.853. The van der Waals surface area contributed by atoms with Crippen molar-refractivity contribution >= 4 is 63.7 Å². The molecule has 4 amide bonds. The van der Waals surface area contributed by atoms with Crippen molar-refractivity contribution in [2.45, 2.75) is 97.3 Å². The summed E-state index contributed by atoms with van der Waals surface area (Å²) < 4.78 is 68.6. The molecule has 0 saturated carbocycles. The van der Waals surface area contributed by atoms with Gasteiger partial charge in [0.05, 0.1) is 51.9 Å². The van der Waals surface area contributed by atoms with Crippen molar-refractivity contribution in [1.82, 2.24) is 25.5 Å². The minimum atomic E-state index is -4.93. The maximum absolute atomic E-state index is 15.9. The number of hydrogen-bond donors (Lipinski definition) is 3. The van der Waals surface area contributed by atoms with Gasteiger partial charge in [-0.25, -0.2) is 14.4 Å². The van der Waals surface area contributed by atoms with E-state index in [1.165, 1.54) is 41.8 Å². The lowest BCUT2D eigenvalue weighted by Crippen LogP contribution is -2.58. The summed E-state index contributed by atoms with van der Waals surface area (Å²) >= 11 is 7.09. The Hall–Kier alpha value is -6.86. The number of likely N-dealkylation sites (tertiary alicyclic amines) is 1. The first kappa shape index (κ1) is 53.9. The molecule has 2 aliphatic rings. The summed E-state index contributed by atoms with van der Waals surface area (Å²) in [6.45, 7) is 10.7. The number of benzene rings is 3. The van der Waals surface area contributed by atoms with Crippen molar-refractivity contribution in [2.75, 3.05) is 36.2 Å². The van der Waals surface area contributed by atoms with Crippen molar-refractivity contribution in [2.24, 2.45) is 5.41 Å². The fourth-order valence-electron chi connectivity index (χ4n) is 8.56. The number of β-amino-alcohol motifs (C(OH)–C–C–N with tert-alkyl or cyclic N) is 1. The van der Waals surface area contributed by atoms with E-state index in [1.807, 2.05) is 31.2 Å². The van der Waals surface area contributed by atoms with Crippen molar-refractivity contribution in [1.29, 1.82) is 5.26 Å². The average Bonchev–Trinajstić information content (AvgIpc) is 4.01. The number of rotatable bonds is 17. The van der Waals surface area contributed by atoms with E-state index >= 15 is 4.39 Å². The van der Waals surface area contributed by atoms with Gasteiger partial charge in [0.25, 0.3) is 5.91 Å². The maximum Gasteiger partial charge on any atom is 0.419 e. The monoisotopic (exact) mass is 1040 g/mol. The molecule has 73 heavy (non-hydrogen) atoms. The number of anilines is 2. The molecule has 384 valence electrons. The molecule has 5 aromatic rings. The highest BCUT2D eigenvalue weighted by Gasteiger charge is 2.52. The Kier molecular flexibility index (Phi) is 16.3. The molecule has 21 heteroatoms. The molecule has 1 unspecified atom stereocenters. The Morgan fingerprint density at radius 3 is 2.29 bits per heavy atom. The predicted octanol–water partition coefficient (Wildman–Crippen LogP) is 8.11. The molecule has 3 N–H and O–H groups in total. The highest BCUT2D eigenvalue weighted by atomic mass is 32.1. The Morgan fingerprint density at radius 1 is 0.986 bits per heavy atom. The number of aryl methyl sites for hydroxylation is 1. The number of thiazole rings is 1. The topological polar surface area (TPSA) is 190 Å². The van der Waals surface area contributed by atoms with Crippen molar-refractivity contribution in [3.63, 3.8) is 0 Å². The van der Waals surface area contributed by atoms with Gasteiger partial charge in [-0.15, -0.1) is 11.3 Å². The quantitative estimate of drug-likeness (QED) is 0.0462. The fraction of sp³-hybridized carbons (Fsp3) is 0.385. The number of aromatic nitrogens is 2. The van der Waals surface area contributed by atoms with Gasteiger partial charge < -0.3 is 35.0 Å². The van der Waals surface area contributed by atoms with Crippen molar-refractivity contribution < 1.29 is 51.3 Å². The van der Waals surface area contributed by atoms with E-state index < -0.39 is 76.0 Å². The molecule has 0 radical (unpaired) electrons. The van der Waals surface area contributed by atoms with Gasteiger partial charge in [0.2, 0.25) is 17.7 Å². The third-order valence-corrected chi connectivity index (χ3v) is 13.8. The zero-order valence-corrected chi connectivity index (χ0v) is 42.5. The summed E-state index contributed by atoms with van der Waals surface area (Å²) in [5.41, 5.74) is 0.923. The summed E-state index contributed by atoms with van der Waals surface area (Å²) in [5, 5.41) is 25.2. The van der Waals surface area contributed by atoms with E-state index in [9.17, 15) is 37.5 Å². The second-order valence-electron chi connectivity index (χ2n) is 19.3. The molecule has 3 atom stereocenters. The maximum atomic E-state index is 15.9. The van der Waals surface area contributed by atoms with Crippen LogP contribution in [0.3, 0.4) is 0 Å². The van der Waals surface area contributed by atoms with Crippen LogP contribution in [0.4, 0.5) is 28.9 Å². The lowest BCUT2D eigenvalue weighted by Gasteiger charge is -2.35. The number of carbonyl (C=O) groups excluding carboxylic acids is 4. The van der Waals surface area contributed by atoms with Crippen LogP contribution in [0.15, 0.2) is 84.5 Å². The Bertz CT molecular complexity index is 2920. The molecule has 2 aliphatic heterocycles. The van der Waals surface area contributed by atoms with E-state index in [-0.39, 0.29) is 49.2 Å². The SMILES string of the molecule is Cc1ncsc1-c1ccc(CNC(=O)[C@@H]2CC(O)CN2C(=O)[C@@H](NC(=O)COCCCCOc2ccc(-c3ccc(N4C(=S)N(c5cnc(C#N)c(C(F)(F)F)c5)C(=O)C4(C)C)c(F)c3)cc2)C(C)(C)C)cc1. The van der Waals surface area contributed by atoms with Crippen LogP contribution in [0.5, 0.6) is 5.75 Å².